The van der Waals surface area contributed by atoms with Crippen LogP contribution in [0.5, 0.6) is 11.5 Å². The summed E-state index contributed by atoms with van der Waals surface area (Å²) in [5.74, 6) is 0.848. The number of imidazole rings is 1. The molecule has 1 atom stereocenters. The molecule has 170 valence electrons. The number of phenols is 1. The zero-order chi connectivity index (χ0) is 23.3. The highest BCUT2D eigenvalue weighted by atomic mass is 16.6. The van der Waals surface area contributed by atoms with Crippen LogP contribution in [-0.2, 0) is 22.5 Å². The van der Waals surface area contributed by atoms with Crippen molar-refractivity contribution in [2.75, 3.05) is 6.61 Å². The van der Waals surface area contributed by atoms with Gasteiger partial charge < -0.3 is 19.1 Å². The highest BCUT2D eigenvalue weighted by molar-refractivity contribution is 5.71. The van der Waals surface area contributed by atoms with Gasteiger partial charge in [-0.25, -0.2) is 9.78 Å². The predicted octanol–water partition coefficient (Wildman–Crippen LogP) is 4.93. The summed E-state index contributed by atoms with van der Waals surface area (Å²) in [6.45, 7) is 10.5. The van der Waals surface area contributed by atoms with Crippen LogP contribution >= 0.6 is 0 Å². The van der Waals surface area contributed by atoms with Crippen molar-refractivity contribution in [2.45, 2.75) is 59.6 Å². The largest absolute Gasteiger partial charge is 0.508 e. The zero-order valence-electron chi connectivity index (χ0n) is 19.5. The normalized spacial score (nSPS) is 12.1. The standard InChI is InChI=1S/C26H32N2O4/c1-17(2)23-12-21(6-7-25(23)29)13-24-18(3)10-22(11-19(24)4)31-15-26(30)32-20(5)14-28-9-8-27-16-28/h6-12,16-17,20,29H,13-15H2,1-5H3. The number of hydrogen-bond acceptors (Lipinski definition) is 5. The molecule has 3 rings (SSSR count). The van der Waals surface area contributed by atoms with Gasteiger partial charge in [0.2, 0.25) is 0 Å². The number of esters is 1. The molecular formula is C26H32N2O4. The van der Waals surface area contributed by atoms with Crippen LogP contribution < -0.4 is 4.74 Å². The first-order valence-corrected chi connectivity index (χ1v) is 10.9. The highest BCUT2D eigenvalue weighted by Gasteiger charge is 2.13. The number of ether oxygens (including phenoxy) is 2. The first-order valence-electron chi connectivity index (χ1n) is 10.9. The van der Waals surface area contributed by atoms with Crippen molar-refractivity contribution in [1.82, 2.24) is 9.55 Å². The molecule has 1 N–H and O–H groups in total. The van der Waals surface area contributed by atoms with Crippen molar-refractivity contribution in [2.24, 2.45) is 0 Å². The number of phenolic OH excluding ortho intramolecular Hbond substituents is 1. The molecule has 0 aliphatic carbocycles. The van der Waals surface area contributed by atoms with Gasteiger partial charge in [-0.15, -0.1) is 0 Å². The van der Waals surface area contributed by atoms with E-state index in [9.17, 15) is 9.90 Å². The second kappa shape index (κ2) is 10.4. The monoisotopic (exact) mass is 436 g/mol. The Morgan fingerprint density at radius 3 is 2.47 bits per heavy atom. The fraction of sp³-hybridized carbons (Fsp3) is 0.385. The molecule has 0 spiro atoms. The molecule has 2 aromatic carbocycles. The lowest BCUT2D eigenvalue weighted by atomic mass is 9.93. The number of carbonyl (C=O) groups excluding carboxylic acids is 1. The van der Waals surface area contributed by atoms with Crippen molar-refractivity contribution < 1.29 is 19.4 Å². The van der Waals surface area contributed by atoms with Crippen molar-refractivity contribution in [3.8, 4) is 11.5 Å². The van der Waals surface area contributed by atoms with Gasteiger partial charge in [-0.3, -0.25) is 0 Å². The molecule has 1 aromatic heterocycles. The molecule has 32 heavy (non-hydrogen) atoms. The summed E-state index contributed by atoms with van der Waals surface area (Å²) in [6.07, 6.45) is 5.71. The van der Waals surface area contributed by atoms with Crippen LogP contribution in [0.15, 0.2) is 49.1 Å². The minimum absolute atomic E-state index is 0.137. The highest BCUT2D eigenvalue weighted by Crippen LogP contribution is 2.29. The third-order valence-corrected chi connectivity index (χ3v) is 5.48. The Morgan fingerprint density at radius 1 is 1.12 bits per heavy atom. The average Bonchev–Trinajstić information content (AvgIpc) is 3.23. The Hall–Kier alpha value is -3.28. The molecule has 0 saturated heterocycles. The van der Waals surface area contributed by atoms with Crippen LogP contribution in [-0.4, -0.2) is 33.3 Å². The van der Waals surface area contributed by atoms with E-state index in [4.69, 9.17) is 9.47 Å². The van der Waals surface area contributed by atoms with Gasteiger partial charge >= 0.3 is 5.97 Å². The lowest BCUT2D eigenvalue weighted by Crippen LogP contribution is -2.24. The number of aromatic nitrogens is 2. The Kier molecular flexibility index (Phi) is 7.57. The third kappa shape index (κ3) is 6.13. The van der Waals surface area contributed by atoms with Crippen LogP contribution in [0.25, 0.3) is 0 Å². The van der Waals surface area contributed by atoms with E-state index in [0.29, 0.717) is 18.0 Å². The van der Waals surface area contributed by atoms with Crippen LogP contribution in [0, 0.1) is 13.8 Å². The fourth-order valence-electron chi connectivity index (χ4n) is 3.83. The predicted molar refractivity (Wildman–Crippen MR) is 124 cm³/mol. The molecule has 1 heterocycles. The maximum Gasteiger partial charge on any atom is 0.344 e. The molecule has 6 nitrogen and oxygen atoms in total. The number of carbonyl (C=O) groups is 1. The van der Waals surface area contributed by atoms with E-state index in [2.05, 4.69) is 24.9 Å². The molecular weight excluding hydrogens is 404 g/mol. The SMILES string of the molecule is Cc1cc(OCC(=O)OC(C)Cn2ccnc2)cc(C)c1Cc1ccc(O)c(C(C)C)c1. The van der Waals surface area contributed by atoms with E-state index in [1.807, 2.05) is 49.7 Å². The molecule has 0 bridgehead atoms. The Morgan fingerprint density at radius 2 is 1.84 bits per heavy atom. The second-order valence-corrected chi connectivity index (χ2v) is 8.61. The average molecular weight is 437 g/mol. The Balaban J connectivity index is 1.60. The molecule has 0 saturated carbocycles. The molecule has 6 heteroatoms. The Bertz CT molecular complexity index is 1030. The number of benzene rings is 2. The molecule has 3 aromatic rings. The van der Waals surface area contributed by atoms with E-state index in [1.165, 1.54) is 5.56 Å². The minimum Gasteiger partial charge on any atom is -0.508 e. The summed E-state index contributed by atoms with van der Waals surface area (Å²) in [6, 6.07) is 9.71. The molecule has 0 amide bonds. The quantitative estimate of drug-likeness (QED) is 0.482. The summed E-state index contributed by atoms with van der Waals surface area (Å²) < 4.78 is 13.0. The van der Waals surface area contributed by atoms with Crippen LogP contribution in [0.2, 0.25) is 0 Å². The number of aromatic hydroxyl groups is 1. The lowest BCUT2D eigenvalue weighted by Gasteiger charge is -2.16. The summed E-state index contributed by atoms with van der Waals surface area (Å²) in [5, 5.41) is 10.1. The zero-order valence-corrected chi connectivity index (χ0v) is 19.5. The molecule has 0 aliphatic rings. The van der Waals surface area contributed by atoms with E-state index >= 15 is 0 Å². The van der Waals surface area contributed by atoms with Gasteiger partial charge in [-0.05, 0) is 79.1 Å². The van der Waals surface area contributed by atoms with Crippen molar-refractivity contribution in [3.63, 3.8) is 0 Å². The van der Waals surface area contributed by atoms with Crippen molar-refractivity contribution in [1.29, 1.82) is 0 Å². The number of hydrogen-bond donors (Lipinski definition) is 1. The minimum atomic E-state index is -0.401. The smallest absolute Gasteiger partial charge is 0.344 e. The summed E-state index contributed by atoms with van der Waals surface area (Å²) in [7, 11) is 0. The lowest BCUT2D eigenvalue weighted by molar-refractivity contribution is -0.151. The number of aryl methyl sites for hydroxylation is 2. The van der Waals surface area contributed by atoms with Crippen molar-refractivity contribution >= 4 is 5.97 Å². The van der Waals surface area contributed by atoms with E-state index in [1.54, 1.807) is 18.6 Å². The van der Waals surface area contributed by atoms with Crippen LogP contribution in [0.4, 0.5) is 0 Å². The fourth-order valence-corrected chi connectivity index (χ4v) is 3.83. The van der Waals surface area contributed by atoms with Gasteiger partial charge in [0.05, 0.1) is 12.9 Å². The number of rotatable bonds is 9. The topological polar surface area (TPSA) is 73.6 Å². The van der Waals surface area contributed by atoms with Crippen molar-refractivity contribution in [3.05, 3.63) is 76.9 Å². The van der Waals surface area contributed by atoms with Gasteiger partial charge in [0.1, 0.15) is 17.6 Å². The maximum absolute atomic E-state index is 12.2. The van der Waals surface area contributed by atoms with Gasteiger partial charge in [-0.1, -0.05) is 26.0 Å². The Labute approximate surface area is 189 Å². The van der Waals surface area contributed by atoms with Crippen LogP contribution in [0.1, 0.15) is 54.5 Å². The summed E-state index contributed by atoms with van der Waals surface area (Å²) >= 11 is 0. The third-order valence-electron chi connectivity index (χ3n) is 5.48. The first-order chi connectivity index (χ1) is 15.2. The summed E-state index contributed by atoms with van der Waals surface area (Å²) in [4.78, 5) is 16.1. The van der Waals surface area contributed by atoms with E-state index in [-0.39, 0.29) is 18.6 Å². The second-order valence-electron chi connectivity index (χ2n) is 8.61. The van der Waals surface area contributed by atoms with Crippen LogP contribution in [0.3, 0.4) is 0 Å². The van der Waals surface area contributed by atoms with Gasteiger partial charge in [-0.2, -0.15) is 0 Å². The first kappa shape index (κ1) is 23.4. The van der Waals surface area contributed by atoms with E-state index < -0.39 is 5.97 Å². The molecule has 0 fully saturated rings. The van der Waals surface area contributed by atoms with Gasteiger partial charge in [0.15, 0.2) is 6.61 Å². The van der Waals surface area contributed by atoms with Gasteiger partial charge in [0.25, 0.3) is 0 Å². The van der Waals surface area contributed by atoms with Gasteiger partial charge in [0, 0.05) is 12.4 Å². The number of nitrogens with zero attached hydrogens (tertiary/aromatic N) is 2. The summed E-state index contributed by atoms with van der Waals surface area (Å²) in [5.41, 5.74) is 5.52. The van der Waals surface area contributed by atoms with E-state index in [0.717, 1.165) is 28.7 Å². The maximum atomic E-state index is 12.2. The molecule has 0 radical (unpaired) electrons. The molecule has 0 aliphatic heterocycles. The molecule has 1 unspecified atom stereocenters.